The highest BCUT2D eigenvalue weighted by atomic mass is 35.5. The third-order valence-corrected chi connectivity index (χ3v) is 0.872. The minimum atomic E-state index is -0.456. The zero-order valence-electron chi connectivity index (χ0n) is 7.02. The van der Waals surface area contributed by atoms with E-state index in [0.29, 0.717) is 0 Å². The molecule has 0 amide bonds. The molecule has 11 heavy (non-hydrogen) atoms. The highest BCUT2D eigenvalue weighted by Crippen LogP contribution is 2.07. The molecular weight excluding hydrogens is 168 g/mol. The molecule has 0 saturated carbocycles. The largest absolute Gasteiger partial charge is 0.343 e. The minimum absolute atomic E-state index is 0.178. The van der Waals surface area contributed by atoms with Crippen molar-refractivity contribution in [2.75, 3.05) is 5.88 Å². The van der Waals surface area contributed by atoms with Crippen molar-refractivity contribution in [2.24, 2.45) is 0 Å². The Kier molecular flexibility index (Phi) is 4.45. The van der Waals surface area contributed by atoms with Crippen LogP contribution in [0, 0.1) is 0 Å². The van der Waals surface area contributed by atoms with Gasteiger partial charge in [0.25, 0.3) is 0 Å². The van der Waals surface area contributed by atoms with E-state index in [1.165, 1.54) is 0 Å². The Morgan fingerprint density at radius 1 is 1.45 bits per heavy atom. The quantitative estimate of drug-likeness (QED) is 0.378. The SMILES string of the molecule is CC(C)(C)OOC(=O)CCCl. The molecule has 0 spiro atoms. The molecule has 0 aliphatic rings. The Morgan fingerprint density at radius 3 is 2.36 bits per heavy atom. The first-order chi connectivity index (χ1) is 4.95. The van der Waals surface area contributed by atoms with Gasteiger partial charge in [0.05, 0.1) is 6.42 Å². The fourth-order valence-electron chi connectivity index (χ4n) is 0.290. The number of hydrogen-bond donors (Lipinski definition) is 0. The van der Waals surface area contributed by atoms with Crippen LogP contribution in [0.5, 0.6) is 0 Å². The summed E-state index contributed by atoms with van der Waals surface area (Å²) in [6, 6.07) is 0. The lowest BCUT2D eigenvalue weighted by Crippen LogP contribution is -2.21. The summed E-state index contributed by atoms with van der Waals surface area (Å²) in [5, 5.41) is 0. The second-order valence-electron chi connectivity index (χ2n) is 3.09. The first-order valence-corrected chi connectivity index (χ1v) is 3.93. The molecule has 0 heterocycles. The summed E-state index contributed by atoms with van der Waals surface area (Å²) in [7, 11) is 0. The monoisotopic (exact) mass is 180 g/mol. The number of hydrogen-bond acceptors (Lipinski definition) is 3. The maximum Gasteiger partial charge on any atom is 0.343 e. The third kappa shape index (κ3) is 7.62. The smallest absolute Gasteiger partial charge is 0.298 e. The molecule has 0 aliphatic carbocycles. The summed E-state index contributed by atoms with van der Waals surface area (Å²) in [5.74, 6) is -0.179. The van der Waals surface area contributed by atoms with E-state index < -0.39 is 11.6 Å². The molecule has 0 radical (unpaired) electrons. The molecule has 4 heteroatoms. The van der Waals surface area contributed by atoms with E-state index in [4.69, 9.17) is 16.5 Å². The molecule has 0 aliphatic heterocycles. The number of rotatable bonds is 3. The second kappa shape index (κ2) is 4.57. The van der Waals surface area contributed by atoms with Crippen LogP contribution in [0.4, 0.5) is 0 Å². The topological polar surface area (TPSA) is 35.5 Å². The molecule has 0 saturated heterocycles. The van der Waals surface area contributed by atoms with Crippen LogP contribution >= 0.6 is 11.6 Å². The van der Waals surface area contributed by atoms with Gasteiger partial charge in [-0.1, -0.05) is 0 Å². The van der Waals surface area contributed by atoms with Gasteiger partial charge in [-0.3, -0.25) is 4.89 Å². The minimum Gasteiger partial charge on any atom is -0.298 e. The zero-order valence-corrected chi connectivity index (χ0v) is 7.77. The van der Waals surface area contributed by atoms with Gasteiger partial charge in [-0.25, -0.2) is 4.79 Å². The van der Waals surface area contributed by atoms with E-state index >= 15 is 0 Å². The van der Waals surface area contributed by atoms with Crippen LogP contribution in [0.2, 0.25) is 0 Å². The van der Waals surface area contributed by atoms with Crippen LogP contribution in [-0.4, -0.2) is 17.5 Å². The maximum atomic E-state index is 10.7. The molecule has 66 valence electrons. The van der Waals surface area contributed by atoms with Gasteiger partial charge in [0, 0.05) is 5.88 Å². The Morgan fingerprint density at radius 2 is 2.00 bits per heavy atom. The van der Waals surface area contributed by atoms with Crippen molar-refractivity contribution in [3.8, 4) is 0 Å². The summed E-state index contributed by atoms with van der Waals surface area (Å²) in [6.07, 6.45) is 0.178. The lowest BCUT2D eigenvalue weighted by molar-refractivity contribution is -0.320. The predicted octanol–water partition coefficient (Wildman–Crippen LogP) is 1.89. The highest BCUT2D eigenvalue weighted by Gasteiger charge is 2.14. The average molecular weight is 181 g/mol. The number of carbonyl (C=O) groups is 1. The van der Waals surface area contributed by atoms with Crippen molar-refractivity contribution in [1.29, 1.82) is 0 Å². The van der Waals surface area contributed by atoms with Crippen molar-refractivity contribution in [2.45, 2.75) is 32.8 Å². The lowest BCUT2D eigenvalue weighted by atomic mass is 10.2. The van der Waals surface area contributed by atoms with E-state index in [-0.39, 0.29) is 12.3 Å². The van der Waals surface area contributed by atoms with Crippen LogP contribution in [0.1, 0.15) is 27.2 Å². The number of carbonyl (C=O) groups excluding carboxylic acids is 1. The van der Waals surface area contributed by atoms with Crippen molar-refractivity contribution in [3.63, 3.8) is 0 Å². The lowest BCUT2D eigenvalue weighted by Gasteiger charge is -2.16. The van der Waals surface area contributed by atoms with Gasteiger partial charge in [0.2, 0.25) is 0 Å². The molecule has 0 atom stereocenters. The Balaban J connectivity index is 3.46. The molecule has 0 aromatic heterocycles. The molecule has 0 fully saturated rings. The fourth-order valence-corrected chi connectivity index (χ4v) is 0.445. The Hall–Kier alpha value is -0.280. The van der Waals surface area contributed by atoms with Gasteiger partial charge < -0.3 is 0 Å². The maximum absolute atomic E-state index is 10.7. The standard InChI is InChI=1S/C7H13ClO3/c1-7(2,3)11-10-6(9)4-5-8/h4-5H2,1-3H3. The normalized spacial score (nSPS) is 11.3. The first-order valence-electron chi connectivity index (χ1n) is 3.40. The molecule has 0 unspecified atom stereocenters. The molecule has 3 nitrogen and oxygen atoms in total. The third-order valence-electron chi connectivity index (χ3n) is 0.683. The molecule has 0 aromatic carbocycles. The van der Waals surface area contributed by atoms with Crippen molar-refractivity contribution < 1.29 is 14.6 Å². The van der Waals surface area contributed by atoms with E-state index in [2.05, 4.69) is 4.89 Å². The summed E-state index contributed by atoms with van der Waals surface area (Å²) in [4.78, 5) is 19.8. The van der Waals surface area contributed by atoms with Crippen molar-refractivity contribution in [3.05, 3.63) is 0 Å². The summed E-state index contributed by atoms with van der Waals surface area (Å²) in [5.41, 5.74) is -0.456. The van der Waals surface area contributed by atoms with E-state index in [1.54, 1.807) is 20.8 Å². The number of halogens is 1. The van der Waals surface area contributed by atoms with Crippen LogP contribution in [-0.2, 0) is 14.6 Å². The molecular formula is C7H13ClO3. The van der Waals surface area contributed by atoms with Crippen LogP contribution in [0.25, 0.3) is 0 Å². The number of alkyl halides is 1. The highest BCUT2D eigenvalue weighted by molar-refractivity contribution is 6.18. The van der Waals surface area contributed by atoms with Crippen LogP contribution < -0.4 is 0 Å². The van der Waals surface area contributed by atoms with Gasteiger partial charge >= 0.3 is 5.97 Å². The summed E-state index contributed by atoms with van der Waals surface area (Å²) >= 11 is 5.29. The Labute approximate surface area is 71.6 Å². The van der Waals surface area contributed by atoms with Gasteiger partial charge in [0.15, 0.2) is 0 Å². The Bertz CT molecular complexity index is 128. The fraction of sp³-hybridized carbons (Fsp3) is 0.857. The summed E-state index contributed by atoms with van der Waals surface area (Å²) < 4.78 is 0. The molecule has 0 rings (SSSR count). The van der Waals surface area contributed by atoms with Crippen molar-refractivity contribution >= 4 is 17.6 Å². The van der Waals surface area contributed by atoms with Crippen LogP contribution in [0.3, 0.4) is 0 Å². The van der Waals surface area contributed by atoms with Gasteiger partial charge in [-0.05, 0) is 20.8 Å². The second-order valence-corrected chi connectivity index (χ2v) is 3.47. The van der Waals surface area contributed by atoms with Crippen molar-refractivity contribution in [1.82, 2.24) is 0 Å². The van der Waals surface area contributed by atoms with E-state index in [0.717, 1.165) is 0 Å². The van der Waals surface area contributed by atoms with E-state index in [1.807, 2.05) is 0 Å². The van der Waals surface area contributed by atoms with Gasteiger partial charge in [-0.15, -0.1) is 11.6 Å². The predicted molar refractivity (Wildman–Crippen MR) is 42.3 cm³/mol. The average Bonchev–Trinajstić information content (AvgIpc) is 1.83. The molecule has 0 N–H and O–H groups in total. The first kappa shape index (κ1) is 10.7. The van der Waals surface area contributed by atoms with Gasteiger partial charge in [0.1, 0.15) is 5.60 Å². The molecule has 0 bridgehead atoms. The van der Waals surface area contributed by atoms with Crippen LogP contribution in [0.15, 0.2) is 0 Å². The van der Waals surface area contributed by atoms with Gasteiger partial charge in [-0.2, -0.15) is 4.89 Å². The molecule has 0 aromatic rings. The van der Waals surface area contributed by atoms with E-state index in [9.17, 15) is 4.79 Å². The zero-order chi connectivity index (χ0) is 8.91. The summed E-state index contributed by atoms with van der Waals surface area (Å²) in [6.45, 7) is 5.38.